The second-order valence-electron chi connectivity index (χ2n) is 7.20. The second kappa shape index (κ2) is 7.43. The molecule has 1 aliphatic rings. The first kappa shape index (κ1) is 18.9. The third-order valence-electron chi connectivity index (χ3n) is 4.31. The highest BCUT2D eigenvalue weighted by Gasteiger charge is 2.42. The van der Waals surface area contributed by atoms with Gasteiger partial charge in [-0.3, -0.25) is 9.59 Å². The van der Waals surface area contributed by atoms with Crippen molar-refractivity contribution in [2.75, 3.05) is 13.1 Å². The molecule has 3 atom stereocenters. The molecule has 0 bridgehead atoms. The van der Waals surface area contributed by atoms with Gasteiger partial charge in [0.15, 0.2) is 0 Å². The molecule has 1 saturated heterocycles. The lowest BCUT2D eigenvalue weighted by Gasteiger charge is -2.30. The Balaban J connectivity index is 2.69. The first-order chi connectivity index (χ1) is 10.0. The quantitative estimate of drug-likeness (QED) is 0.502. The molecule has 5 N–H and O–H groups in total. The van der Waals surface area contributed by atoms with Crippen LogP contribution in [0.15, 0.2) is 0 Å². The molecular weight excluding hydrogens is 287 g/mol. The average Bonchev–Trinajstić information content (AvgIpc) is 2.79. The van der Waals surface area contributed by atoms with E-state index in [1.807, 2.05) is 20.8 Å². The fourth-order valence-electron chi connectivity index (χ4n) is 2.75. The van der Waals surface area contributed by atoms with Crippen molar-refractivity contribution in [2.24, 2.45) is 23.0 Å². The summed E-state index contributed by atoms with van der Waals surface area (Å²) in [5.74, 6) is -1.93. The summed E-state index contributed by atoms with van der Waals surface area (Å²) in [5, 5.41) is 27.0. The molecule has 0 saturated carbocycles. The number of nitrogens with zero attached hydrogens (tertiary/aromatic N) is 1. The van der Waals surface area contributed by atoms with E-state index in [2.05, 4.69) is 0 Å². The van der Waals surface area contributed by atoms with Gasteiger partial charge >= 0.3 is 13.1 Å². The Bertz CT molecular complexity index is 411. The zero-order chi connectivity index (χ0) is 17.1. The van der Waals surface area contributed by atoms with E-state index in [9.17, 15) is 14.7 Å². The van der Waals surface area contributed by atoms with E-state index in [1.54, 1.807) is 0 Å². The summed E-state index contributed by atoms with van der Waals surface area (Å²) in [6.07, 6.45) is 1.26. The minimum Gasteiger partial charge on any atom is -0.481 e. The highest BCUT2D eigenvalue weighted by atomic mass is 16.4. The molecule has 0 aromatic heterocycles. The van der Waals surface area contributed by atoms with Crippen molar-refractivity contribution in [1.82, 2.24) is 4.90 Å². The molecule has 7 nitrogen and oxygen atoms in total. The van der Waals surface area contributed by atoms with E-state index in [-0.39, 0.29) is 30.1 Å². The summed E-state index contributed by atoms with van der Waals surface area (Å²) >= 11 is 0. The SMILES string of the molecule is CC(C)(C)[C@H](N)C(=O)N1C[C@H](CCCB(O)O)[C@H](C(=O)O)C1. The van der Waals surface area contributed by atoms with Gasteiger partial charge in [-0.05, 0) is 24.1 Å². The molecule has 8 heteroatoms. The number of carboxylic acid groups (broad SMARTS) is 1. The Labute approximate surface area is 131 Å². The number of rotatable bonds is 6. The number of carbonyl (C=O) groups excluding carboxylic acids is 1. The lowest BCUT2D eigenvalue weighted by molar-refractivity contribution is -0.142. The van der Waals surface area contributed by atoms with E-state index >= 15 is 0 Å². The summed E-state index contributed by atoms with van der Waals surface area (Å²) in [4.78, 5) is 25.3. The molecule has 0 radical (unpaired) electrons. The predicted octanol–water partition coefficient (Wildman–Crippen LogP) is -0.228. The molecule has 0 aliphatic carbocycles. The van der Waals surface area contributed by atoms with Gasteiger partial charge in [-0.15, -0.1) is 0 Å². The van der Waals surface area contributed by atoms with Crippen LogP contribution in [0.5, 0.6) is 0 Å². The van der Waals surface area contributed by atoms with E-state index < -0.39 is 25.0 Å². The predicted molar refractivity (Wildman–Crippen MR) is 82.9 cm³/mol. The first-order valence-electron chi connectivity index (χ1n) is 7.67. The zero-order valence-corrected chi connectivity index (χ0v) is 13.5. The maximum Gasteiger partial charge on any atom is 0.451 e. The second-order valence-corrected chi connectivity index (χ2v) is 7.20. The van der Waals surface area contributed by atoms with Crippen LogP contribution in [0.25, 0.3) is 0 Å². The molecule has 0 unspecified atom stereocenters. The third-order valence-corrected chi connectivity index (χ3v) is 4.31. The topological polar surface area (TPSA) is 124 Å². The van der Waals surface area contributed by atoms with Crippen LogP contribution in [0.1, 0.15) is 33.6 Å². The Hall–Kier alpha value is -1.12. The maximum atomic E-state index is 12.4. The van der Waals surface area contributed by atoms with Gasteiger partial charge in [0.25, 0.3) is 0 Å². The number of aliphatic carboxylic acids is 1. The van der Waals surface area contributed by atoms with Crippen LogP contribution in [0.3, 0.4) is 0 Å². The van der Waals surface area contributed by atoms with Crippen LogP contribution in [-0.4, -0.2) is 58.2 Å². The highest BCUT2D eigenvalue weighted by Crippen LogP contribution is 2.30. The van der Waals surface area contributed by atoms with Crippen molar-refractivity contribution in [3.05, 3.63) is 0 Å². The summed E-state index contributed by atoms with van der Waals surface area (Å²) in [7, 11) is -1.38. The Morgan fingerprint density at radius 3 is 2.36 bits per heavy atom. The van der Waals surface area contributed by atoms with Crippen molar-refractivity contribution >= 4 is 19.0 Å². The summed E-state index contributed by atoms with van der Waals surface area (Å²) in [5.41, 5.74) is 5.60. The van der Waals surface area contributed by atoms with Gasteiger partial charge in [0.2, 0.25) is 5.91 Å². The molecule has 126 valence electrons. The number of hydrogen-bond acceptors (Lipinski definition) is 5. The molecule has 0 aromatic carbocycles. The molecule has 22 heavy (non-hydrogen) atoms. The van der Waals surface area contributed by atoms with Gasteiger partial charge in [-0.1, -0.05) is 27.2 Å². The monoisotopic (exact) mass is 314 g/mol. The molecule has 1 amide bonds. The van der Waals surface area contributed by atoms with Crippen LogP contribution < -0.4 is 5.73 Å². The smallest absolute Gasteiger partial charge is 0.451 e. The molecule has 0 aromatic rings. The van der Waals surface area contributed by atoms with Crippen molar-refractivity contribution in [2.45, 2.75) is 46.0 Å². The number of carboxylic acids is 1. The van der Waals surface area contributed by atoms with E-state index in [1.165, 1.54) is 4.90 Å². The largest absolute Gasteiger partial charge is 0.481 e. The number of amides is 1. The van der Waals surface area contributed by atoms with Gasteiger partial charge in [-0.25, -0.2) is 0 Å². The van der Waals surface area contributed by atoms with Gasteiger partial charge in [0, 0.05) is 13.1 Å². The third kappa shape index (κ3) is 4.96. The Morgan fingerprint density at radius 1 is 1.32 bits per heavy atom. The summed E-state index contributed by atoms with van der Waals surface area (Å²) in [6.45, 7) is 6.16. The van der Waals surface area contributed by atoms with Crippen LogP contribution in [0.4, 0.5) is 0 Å². The molecule has 1 heterocycles. The highest BCUT2D eigenvalue weighted by molar-refractivity contribution is 6.40. The molecule has 1 fully saturated rings. The lowest BCUT2D eigenvalue weighted by atomic mass is 9.80. The first-order valence-corrected chi connectivity index (χ1v) is 7.67. The minimum atomic E-state index is -1.38. The fraction of sp³-hybridized carbons (Fsp3) is 0.857. The van der Waals surface area contributed by atoms with Crippen LogP contribution >= 0.6 is 0 Å². The van der Waals surface area contributed by atoms with Gasteiger partial charge in [0.05, 0.1) is 12.0 Å². The molecule has 0 spiro atoms. The van der Waals surface area contributed by atoms with Gasteiger partial charge < -0.3 is 25.8 Å². The standard InChI is InChI=1S/C14H27BN2O5/c1-14(2,3)11(16)12(18)17-7-9(5-4-6-15(21)22)10(8-17)13(19)20/h9-11,21-22H,4-8,16H2,1-3H3,(H,19,20)/t9-,10+,11+/m0/s1. The number of likely N-dealkylation sites (tertiary alicyclic amines) is 1. The van der Waals surface area contributed by atoms with Crippen molar-refractivity contribution < 1.29 is 24.7 Å². The summed E-state index contributed by atoms with van der Waals surface area (Å²) in [6, 6.07) is -0.667. The maximum absolute atomic E-state index is 12.4. The van der Waals surface area contributed by atoms with Crippen LogP contribution in [0.2, 0.25) is 6.32 Å². The van der Waals surface area contributed by atoms with E-state index in [0.717, 1.165) is 0 Å². The molecular formula is C14H27BN2O5. The van der Waals surface area contributed by atoms with Gasteiger partial charge in [-0.2, -0.15) is 0 Å². The Kier molecular flexibility index (Phi) is 6.40. The lowest BCUT2D eigenvalue weighted by Crippen LogP contribution is -2.50. The fourth-order valence-corrected chi connectivity index (χ4v) is 2.75. The normalized spacial score (nSPS) is 23.5. The van der Waals surface area contributed by atoms with Crippen molar-refractivity contribution in [1.29, 1.82) is 0 Å². The average molecular weight is 314 g/mol. The number of carbonyl (C=O) groups is 2. The number of nitrogens with two attached hydrogens (primary N) is 1. The van der Waals surface area contributed by atoms with Crippen molar-refractivity contribution in [3.8, 4) is 0 Å². The van der Waals surface area contributed by atoms with Crippen LogP contribution in [-0.2, 0) is 9.59 Å². The molecule has 1 rings (SSSR count). The Morgan fingerprint density at radius 2 is 1.91 bits per heavy atom. The summed E-state index contributed by atoms with van der Waals surface area (Å²) < 4.78 is 0. The number of hydrogen-bond donors (Lipinski definition) is 4. The van der Waals surface area contributed by atoms with Gasteiger partial charge in [0.1, 0.15) is 0 Å². The minimum absolute atomic E-state index is 0.171. The van der Waals surface area contributed by atoms with Crippen LogP contribution in [0, 0.1) is 17.3 Å². The van der Waals surface area contributed by atoms with Crippen molar-refractivity contribution in [3.63, 3.8) is 0 Å². The molecule has 1 aliphatic heterocycles. The van der Waals surface area contributed by atoms with E-state index in [4.69, 9.17) is 15.8 Å². The van der Waals surface area contributed by atoms with E-state index in [0.29, 0.717) is 19.4 Å². The zero-order valence-electron chi connectivity index (χ0n) is 13.5.